The molecule has 2 amide bonds. The lowest BCUT2D eigenvalue weighted by Gasteiger charge is -2.30. The minimum atomic E-state index is -2.76. The fourth-order valence-corrected chi connectivity index (χ4v) is 4.80. The van der Waals surface area contributed by atoms with Gasteiger partial charge in [0.2, 0.25) is 11.8 Å². The van der Waals surface area contributed by atoms with Gasteiger partial charge in [-0.2, -0.15) is 0 Å². The molecule has 8 nitrogen and oxygen atoms in total. The molecule has 0 radical (unpaired) electrons. The number of methoxy groups -OCH3 is 1. The van der Waals surface area contributed by atoms with Crippen LogP contribution in [0.3, 0.4) is 0 Å². The number of pyridine rings is 1. The highest BCUT2D eigenvalue weighted by Gasteiger charge is 2.37. The first-order valence-corrected chi connectivity index (χ1v) is 11.5. The number of rotatable bonds is 6. The Morgan fingerprint density at radius 2 is 1.75 bits per heavy atom. The van der Waals surface area contributed by atoms with Gasteiger partial charge in [-0.25, -0.2) is 27.3 Å². The number of alkyl halides is 2. The van der Waals surface area contributed by atoms with E-state index in [9.17, 15) is 27.2 Å². The molecule has 1 saturated heterocycles. The third-order valence-corrected chi connectivity index (χ3v) is 6.49. The van der Waals surface area contributed by atoms with E-state index in [1.807, 2.05) is 0 Å². The van der Waals surface area contributed by atoms with Crippen molar-refractivity contribution in [3.05, 3.63) is 41.6 Å². The van der Waals surface area contributed by atoms with E-state index in [1.165, 1.54) is 13.3 Å². The predicted molar refractivity (Wildman–Crippen MR) is 123 cm³/mol. The second-order valence-electron chi connectivity index (χ2n) is 9.05. The van der Waals surface area contributed by atoms with E-state index in [4.69, 9.17) is 9.84 Å². The Balaban J connectivity index is 1.77. The van der Waals surface area contributed by atoms with Crippen molar-refractivity contribution in [2.75, 3.05) is 25.1 Å². The molecule has 1 unspecified atom stereocenters. The van der Waals surface area contributed by atoms with Crippen LogP contribution in [0.2, 0.25) is 0 Å². The third-order valence-electron chi connectivity index (χ3n) is 6.49. The van der Waals surface area contributed by atoms with Gasteiger partial charge < -0.3 is 25.4 Å². The van der Waals surface area contributed by atoms with Crippen LogP contribution in [0.4, 0.5) is 28.0 Å². The summed E-state index contributed by atoms with van der Waals surface area (Å²) in [4.78, 5) is 30.4. The van der Waals surface area contributed by atoms with Crippen LogP contribution in [-0.4, -0.2) is 60.3 Å². The molecule has 2 fully saturated rings. The molecule has 0 spiro atoms. The lowest BCUT2D eigenvalue weighted by molar-refractivity contribution is -0.0399. The average Bonchev–Trinajstić information content (AvgIpc) is 3.26. The fraction of sp³-hybridized carbons (Fsp3) is 0.458. The molecule has 1 aromatic carbocycles. The Hall–Kier alpha value is -3.57. The lowest BCUT2D eigenvalue weighted by Crippen LogP contribution is -2.41. The van der Waals surface area contributed by atoms with Crippen LogP contribution in [0, 0.1) is 11.6 Å². The van der Waals surface area contributed by atoms with Gasteiger partial charge in [0.15, 0.2) is 0 Å². The van der Waals surface area contributed by atoms with Crippen molar-refractivity contribution in [1.82, 2.24) is 15.6 Å². The van der Waals surface area contributed by atoms with Crippen molar-refractivity contribution < 1.29 is 37.0 Å². The van der Waals surface area contributed by atoms with Gasteiger partial charge in [0, 0.05) is 44.2 Å². The summed E-state index contributed by atoms with van der Waals surface area (Å²) >= 11 is 0. The molecule has 1 saturated carbocycles. The van der Waals surface area contributed by atoms with Gasteiger partial charge in [0.05, 0.1) is 30.0 Å². The zero-order valence-corrected chi connectivity index (χ0v) is 19.5. The number of carboxylic acid groups (broad SMARTS) is 1. The first kappa shape index (κ1) is 25.5. The zero-order chi connectivity index (χ0) is 26.0. The SMILES string of the molecule is COc1ncc(C(=O)NC2CCC(F)(F)CC2)c(N2CCC(NC(=O)O)C2)c1-c1cc(F)cc(F)c1. The van der Waals surface area contributed by atoms with E-state index in [0.717, 1.165) is 12.1 Å². The molecule has 1 atom stereocenters. The Morgan fingerprint density at radius 3 is 2.36 bits per heavy atom. The van der Waals surface area contributed by atoms with Gasteiger partial charge in [0.25, 0.3) is 5.91 Å². The summed E-state index contributed by atoms with van der Waals surface area (Å²) in [6, 6.07) is 1.96. The highest BCUT2D eigenvalue weighted by Crippen LogP contribution is 2.42. The minimum absolute atomic E-state index is 0.0125. The molecule has 0 bridgehead atoms. The van der Waals surface area contributed by atoms with Crippen LogP contribution in [0.1, 0.15) is 42.5 Å². The van der Waals surface area contributed by atoms with Gasteiger partial charge >= 0.3 is 6.09 Å². The number of ether oxygens (including phenoxy) is 1. The molecule has 2 aromatic rings. The van der Waals surface area contributed by atoms with Crippen LogP contribution >= 0.6 is 0 Å². The van der Waals surface area contributed by atoms with Crippen molar-refractivity contribution in [3.63, 3.8) is 0 Å². The molecule has 2 aliphatic rings. The maximum atomic E-state index is 14.2. The number of hydrogen-bond donors (Lipinski definition) is 3. The first-order chi connectivity index (χ1) is 17.1. The number of aromatic nitrogens is 1. The maximum absolute atomic E-state index is 14.2. The largest absolute Gasteiger partial charge is 0.480 e. The quantitative estimate of drug-likeness (QED) is 0.504. The van der Waals surface area contributed by atoms with E-state index in [1.54, 1.807) is 4.90 Å². The van der Waals surface area contributed by atoms with Gasteiger partial charge in [0.1, 0.15) is 11.6 Å². The number of halogens is 4. The lowest BCUT2D eigenvalue weighted by atomic mass is 9.92. The Morgan fingerprint density at radius 1 is 1.08 bits per heavy atom. The molecule has 4 rings (SSSR count). The van der Waals surface area contributed by atoms with Crippen LogP contribution in [0.5, 0.6) is 5.88 Å². The van der Waals surface area contributed by atoms with Crippen molar-refractivity contribution in [2.24, 2.45) is 0 Å². The molecule has 1 aliphatic carbocycles. The van der Waals surface area contributed by atoms with E-state index in [-0.39, 0.29) is 60.5 Å². The van der Waals surface area contributed by atoms with E-state index in [0.29, 0.717) is 19.0 Å². The van der Waals surface area contributed by atoms with Gasteiger partial charge in [-0.15, -0.1) is 0 Å². The summed E-state index contributed by atoms with van der Waals surface area (Å²) in [6.07, 6.45) is 0.0168. The van der Waals surface area contributed by atoms with E-state index >= 15 is 0 Å². The van der Waals surface area contributed by atoms with Gasteiger partial charge in [-0.3, -0.25) is 4.79 Å². The highest BCUT2D eigenvalue weighted by molar-refractivity contribution is 6.04. The molecule has 194 valence electrons. The number of nitrogens with one attached hydrogen (secondary N) is 2. The standard InChI is InChI=1S/C24H26F4N4O4/c1-36-22-19(13-8-14(25)10-15(26)9-13)20(32-7-4-17(12-32)31-23(34)35)18(11-29-22)21(33)30-16-2-5-24(27,28)6-3-16/h8-11,16-17,31H,2-7,12H2,1H3,(H,30,33)(H,34,35). The Kier molecular flexibility index (Phi) is 7.23. The topological polar surface area (TPSA) is 104 Å². The Labute approximate surface area is 204 Å². The number of anilines is 1. The number of nitrogens with zero attached hydrogens (tertiary/aromatic N) is 2. The summed E-state index contributed by atoms with van der Waals surface area (Å²) in [6.45, 7) is 0.513. The minimum Gasteiger partial charge on any atom is -0.480 e. The monoisotopic (exact) mass is 510 g/mol. The summed E-state index contributed by atoms with van der Waals surface area (Å²) in [5.74, 6) is -5.02. The molecule has 36 heavy (non-hydrogen) atoms. The van der Waals surface area contributed by atoms with E-state index < -0.39 is 41.6 Å². The van der Waals surface area contributed by atoms with Crippen LogP contribution in [0.15, 0.2) is 24.4 Å². The molecular weight excluding hydrogens is 484 g/mol. The second kappa shape index (κ2) is 10.2. The van der Waals surface area contributed by atoms with Crippen LogP contribution in [-0.2, 0) is 0 Å². The summed E-state index contributed by atoms with van der Waals surface area (Å²) in [5, 5.41) is 14.3. The zero-order valence-electron chi connectivity index (χ0n) is 19.5. The summed E-state index contributed by atoms with van der Waals surface area (Å²) in [5.41, 5.74) is 0.562. The molecule has 2 heterocycles. The number of hydrogen-bond acceptors (Lipinski definition) is 5. The predicted octanol–water partition coefficient (Wildman–Crippen LogP) is 4.19. The molecule has 3 N–H and O–H groups in total. The van der Waals surface area contributed by atoms with Crippen molar-refractivity contribution in [2.45, 2.75) is 50.1 Å². The maximum Gasteiger partial charge on any atom is 0.404 e. The van der Waals surface area contributed by atoms with Crippen molar-refractivity contribution in [3.8, 4) is 17.0 Å². The molecule has 1 aliphatic heterocycles. The summed E-state index contributed by atoms with van der Waals surface area (Å²) in [7, 11) is 1.33. The van der Waals surface area contributed by atoms with Crippen LogP contribution in [0.25, 0.3) is 11.1 Å². The number of benzene rings is 1. The number of carbonyl (C=O) groups excluding carboxylic acids is 1. The first-order valence-electron chi connectivity index (χ1n) is 11.5. The Bertz CT molecular complexity index is 1130. The van der Waals surface area contributed by atoms with Gasteiger partial charge in [-0.1, -0.05) is 0 Å². The van der Waals surface area contributed by atoms with E-state index in [2.05, 4.69) is 15.6 Å². The molecule has 1 aromatic heterocycles. The molecule has 12 heteroatoms. The van der Waals surface area contributed by atoms with Crippen molar-refractivity contribution in [1.29, 1.82) is 0 Å². The summed E-state index contributed by atoms with van der Waals surface area (Å²) < 4.78 is 60.8. The normalized spacial score (nSPS) is 19.7. The number of amides is 2. The van der Waals surface area contributed by atoms with Crippen molar-refractivity contribution >= 4 is 17.7 Å². The fourth-order valence-electron chi connectivity index (χ4n) is 4.80. The highest BCUT2D eigenvalue weighted by atomic mass is 19.3. The smallest absolute Gasteiger partial charge is 0.404 e. The van der Waals surface area contributed by atoms with Gasteiger partial charge in [-0.05, 0) is 37.0 Å². The molecular formula is C24H26F4N4O4. The number of carbonyl (C=O) groups is 2. The second-order valence-corrected chi connectivity index (χ2v) is 9.05. The van der Waals surface area contributed by atoms with Crippen LogP contribution < -0.4 is 20.3 Å². The average molecular weight is 510 g/mol. The third kappa shape index (κ3) is 5.63.